The van der Waals surface area contributed by atoms with Crippen molar-refractivity contribution in [2.45, 2.75) is 43.8 Å². The van der Waals surface area contributed by atoms with Crippen molar-refractivity contribution in [3.05, 3.63) is 26.5 Å². The molecule has 0 aromatic carbocycles. The van der Waals surface area contributed by atoms with Crippen LogP contribution in [0.1, 0.15) is 37.2 Å². The van der Waals surface area contributed by atoms with Gasteiger partial charge in [-0.3, -0.25) is 25.4 Å². The van der Waals surface area contributed by atoms with Crippen molar-refractivity contribution in [1.29, 1.82) is 0 Å². The first-order valence-electron chi connectivity index (χ1n) is 9.04. The standard InChI is InChI=1S/C16H22N6OS3/c1-2-3-6-26(23)16-12-11-9(13-20-18-8-22(13)21-12)7-10(19-15(11)25-16)14-17-4-5-24-14/h4-5,8-11,13,15,19-21H,2-3,6-7H2,1H3. The molecule has 0 spiro atoms. The van der Waals surface area contributed by atoms with Crippen molar-refractivity contribution in [1.82, 2.24) is 26.2 Å². The quantitative estimate of drug-likeness (QED) is 0.684. The van der Waals surface area contributed by atoms with Crippen LogP contribution in [-0.4, -0.2) is 37.8 Å². The maximum absolute atomic E-state index is 12.9. The van der Waals surface area contributed by atoms with E-state index in [0.717, 1.165) is 40.0 Å². The van der Waals surface area contributed by atoms with Crippen molar-refractivity contribution in [3.63, 3.8) is 0 Å². The first-order chi connectivity index (χ1) is 12.8. The predicted molar refractivity (Wildman–Crippen MR) is 106 cm³/mol. The Morgan fingerprint density at radius 2 is 2.38 bits per heavy atom. The van der Waals surface area contributed by atoms with Crippen LogP contribution >= 0.6 is 23.1 Å². The summed E-state index contributed by atoms with van der Waals surface area (Å²) in [5.74, 6) is 1.45. The van der Waals surface area contributed by atoms with E-state index >= 15 is 0 Å². The molecule has 1 aromatic rings. The number of unbranched alkanes of at least 4 members (excludes halogenated alkanes) is 1. The van der Waals surface area contributed by atoms with E-state index < -0.39 is 10.8 Å². The van der Waals surface area contributed by atoms with E-state index in [0.29, 0.717) is 11.8 Å². The summed E-state index contributed by atoms with van der Waals surface area (Å²) >= 11 is 3.45. The highest BCUT2D eigenvalue weighted by atomic mass is 32.2. The Labute approximate surface area is 163 Å². The molecule has 3 N–H and O–H groups in total. The molecule has 0 saturated carbocycles. The van der Waals surface area contributed by atoms with Gasteiger partial charge in [0.1, 0.15) is 17.5 Å². The van der Waals surface area contributed by atoms with Gasteiger partial charge in [-0.15, -0.1) is 11.3 Å². The monoisotopic (exact) mass is 410 g/mol. The molecule has 4 aliphatic rings. The molecule has 5 rings (SSSR count). The van der Waals surface area contributed by atoms with E-state index in [2.05, 4.69) is 33.2 Å². The molecular formula is C16H22N6OS3. The Balaban J connectivity index is 1.48. The molecule has 10 heteroatoms. The fourth-order valence-corrected chi connectivity index (χ4v) is 8.34. The second kappa shape index (κ2) is 6.81. The van der Waals surface area contributed by atoms with E-state index in [9.17, 15) is 4.21 Å². The molecule has 0 aliphatic carbocycles. The van der Waals surface area contributed by atoms with Gasteiger partial charge in [0.25, 0.3) is 0 Å². The number of hydrazone groups is 1. The van der Waals surface area contributed by atoms with Crippen LogP contribution in [0, 0.1) is 11.8 Å². The van der Waals surface area contributed by atoms with E-state index in [1.165, 1.54) is 0 Å². The zero-order chi connectivity index (χ0) is 17.7. The average Bonchev–Trinajstić information content (AvgIpc) is 3.39. The summed E-state index contributed by atoms with van der Waals surface area (Å²) in [6.45, 7) is 2.14. The fraction of sp³-hybridized carbons (Fsp3) is 0.625. The largest absolute Gasteiger partial charge is 0.297 e. The normalized spacial score (nSPS) is 35.7. The fourth-order valence-electron chi connectivity index (χ4n) is 4.21. The molecule has 2 fully saturated rings. The summed E-state index contributed by atoms with van der Waals surface area (Å²) in [5.41, 5.74) is 7.88. The van der Waals surface area contributed by atoms with Crippen LogP contribution in [-0.2, 0) is 10.8 Å². The minimum absolute atomic E-state index is 0.139. The lowest BCUT2D eigenvalue weighted by Gasteiger charge is -2.48. The van der Waals surface area contributed by atoms with Gasteiger partial charge in [-0.05, 0) is 12.8 Å². The maximum Gasteiger partial charge on any atom is 0.139 e. The van der Waals surface area contributed by atoms with Crippen molar-refractivity contribution in [2.75, 3.05) is 5.75 Å². The van der Waals surface area contributed by atoms with Gasteiger partial charge in [-0.2, -0.15) is 5.10 Å². The summed E-state index contributed by atoms with van der Waals surface area (Å²) in [6.07, 6.45) is 6.87. The number of hydrazine groups is 1. The first-order valence-corrected chi connectivity index (χ1v) is 12.1. The van der Waals surface area contributed by atoms with Gasteiger partial charge in [-0.1, -0.05) is 25.1 Å². The lowest BCUT2D eigenvalue weighted by molar-refractivity contribution is 0.0525. The third-order valence-corrected chi connectivity index (χ3v) is 9.58. The molecule has 6 unspecified atom stereocenters. The molecular weight excluding hydrogens is 388 g/mol. The Morgan fingerprint density at radius 1 is 1.46 bits per heavy atom. The Kier molecular flexibility index (Phi) is 4.46. The number of hydrogen-bond acceptors (Lipinski definition) is 9. The summed E-state index contributed by atoms with van der Waals surface area (Å²) in [4.78, 5) is 4.53. The van der Waals surface area contributed by atoms with Crippen LogP contribution in [0.2, 0.25) is 0 Å². The molecule has 26 heavy (non-hydrogen) atoms. The van der Waals surface area contributed by atoms with Gasteiger partial charge in [0.15, 0.2) is 0 Å². The lowest BCUT2D eigenvalue weighted by Crippen LogP contribution is -2.62. The number of nitrogens with zero attached hydrogens (tertiary/aromatic N) is 3. The molecule has 6 atom stereocenters. The van der Waals surface area contributed by atoms with E-state index in [1.54, 1.807) is 29.4 Å². The van der Waals surface area contributed by atoms with Crippen LogP contribution in [0.15, 0.2) is 26.6 Å². The molecule has 2 saturated heterocycles. The second-order valence-electron chi connectivity index (χ2n) is 7.00. The van der Waals surface area contributed by atoms with Crippen LogP contribution in [0.4, 0.5) is 0 Å². The number of piperidine rings is 1. The number of thioether (sulfide) groups is 1. The zero-order valence-electron chi connectivity index (χ0n) is 14.4. The van der Waals surface area contributed by atoms with Crippen LogP contribution in [0.25, 0.3) is 0 Å². The minimum atomic E-state index is -0.943. The molecule has 0 radical (unpaired) electrons. The Bertz CT molecular complexity index is 766. The van der Waals surface area contributed by atoms with Crippen LogP contribution in [0.5, 0.6) is 0 Å². The minimum Gasteiger partial charge on any atom is -0.297 e. The Hall–Kier alpha value is -1.10. The predicted octanol–water partition coefficient (Wildman–Crippen LogP) is 1.89. The summed E-state index contributed by atoms with van der Waals surface area (Å²) < 4.78 is 14.0. The van der Waals surface area contributed by atoms with Crippen molar-refractivity contribution >= 4 is 40.2 Å². The third-order valence-electron chi connectivity index (χ3n) is 5.43. The van der Waals surface area contributed by atoms with Crippen molar-refractivity contribution < 1.29 is 4.21 Å². The van der Waals surface area contributed by atoms with Gasteiger partial charge in [-0.25, -0.2) is 4.98 Å². The molecule has 0 amide bonds. The third kappa shape index (κ3) is 2.69. The SMILES string of the molecule is CCCCS(=O)C1=C2NN3C=NNC3C3CC(c4nccs4)NC(S1)C23. The molecule has 7 nitrogen and oxygen atoms in total. The topological polar surface area (TPSA) is 81.7 Å². The summed E-state index contributed by atoms with van der Waals surface area (Å²) in [5, 5.41) is 13.5. The van der Waals surface area contributed by atoms with Crippen LogP contribution in [0.3, 0.4) is 0 Å². The van der Waals surface area contributed by atoms with Crippen molar-refractivity contribution in [3.8, 4) is 0 Å². The first kappa shape index (κ1) is 17.0. The highest BCUT2D eigenvalue weighted by molar-refractivity contribution is 8.17. The van der Waals surface area contributed by atoms with Gasteiger partial charge in [0.2, 0.25) is 0 Å². The number of hydrogen-bond donors (Lipinski definition) is 3. The molecule has 140 valence electrons. The van der Waals surface area contributed by atoms with Gasteiger partial charge >= 0.3 is 0 Å². The molecule has 4 aliphatic heterocycles. The number of fused-ring (bicyclic) bond motifs is 2. The number of aromatic nitrogens is 1. The second-order valence-corrected chi connectivity index (χ2v) is 10.8. The molecule has 5 heterocycles. The van der Waals surface area contributed by atoms with Gasteiger partial charge in [0, 0.05) is 29.2 Å². The molecule has 1 aromatic heterocycles. The maximum atomic E-state index is 12.9. The summed E-state index contributed by atoms with van der Waals surface area (Å²) in [6, 6.07) is 0.237. The van der Waals surface area contributed by atoms with Crippen molar-refractivity contribution in [2.24, 2.45) is 16.9 Å². The highest BCUT2D eigenvalue weighted by Crippen LogP contribution is 2.53. The highest BCUT2D eigenvalue weighted by Gasteiger charge is 2.54. The number of rotatable bonds is 5. The van der Waals surface area contributed by atoms with E-state index in [1.807, 2.05) is 16.6 Å². The van der Waals surface area contributed by atoms with E-state index in [-0.39, 0.29) is 17.6 Å². The lowest BCUT2D eigenvalue weighted by atomic mass is 9.78. The summed E-state index contributed by atoms with van der Waals surface area (Å²) in [7, 11) is -0.943. The zero-order valence-corrected chi connectivity index (χ0v) is 16.9. The van der Waals surface area contributed by atoms with E-state index in [4.69, 9.17) is 0 Å². The number of thiazole rings is 1. The molecule has 0 bridgehead atoms. The smallest absolute Gasteiger partial charge is 0.139 e. The van der Waals surface area contributed by atoms with Gasteiger partial charge in [0.05, 0.1) is 32.1 Å². The number of nitrogens with one attached hydrogen (secondary N) is 3. The van der Waals surface area contributed by atoms with Gasteiger partial charge < -0.3 is 0 Å². The van der Waals surface area contributed by atoms with Crippen LogP contribution < -0.4 is 16.2 Å². The Morgan fingerprint density at radius 3 is 3.19 bits per heavy atom. The average molecular weight is 411 g/mol.